The molecule has 0 spiro atoms. The number of hydrogen-bond donors (Lipinski definition) is 1. The van der Waals surface area contributed by atoms with E-state index in [-0.39, 0.29) is 11.8 Å². The summed E-state index contributed by atoms with van der Waals surface area (Å²) in [5.41, 5.74) is 4.62. The van der Waals surface area contributed by atoms with E-state index in [1.165, 1.54) is 16.9 Å². The van der Waals surface area contributed by atoms with Crippen molar-refractivity contribution in [3.05, 3.63) is 47.0 Å². The second-order valence-corrected chi connectivity index (χ2v) is 10.3. The molecule has 0 aliphatic carbocycles. The Morgan fingerprint density at radius 3 is 2.81 bits per heavy atom. The smallest absolute Gasteiger partial charge is 0.273 e. The van der Waals surface area contributed by atoms with Crippen LogP contribution in [0.15, 0.2) is 45.7 Å². The number of hydrogen-bond acceptors (Lipinski definition) is 8. The van der Waals surface area contributed by atoms with Crippen LogP contribution < -0.4 is 10.1 Å². The Bertz CT molecular complexity index is 1270. The van der Waals surface area contributed by atoms with Gasteiger partial charge in [-0.1, -0.05) is 13.5 Å². The quantitative estimate of drug-likeness (QED) is 0.539. The van der Waals surface area contributed by atoms with Crippen molar-refractivity contribution in [1.82, 2.24) is 20.1 Å². The van der Waals surface area contributed by atoms with Crippen molar-refractivity contribution in [2.75, 3.05) is 39.3 Å². The molecule has 1 unspecified atom stereocenters. The summed E-state index contributed by atoms with van der Waals surface area (Å²) < 4.78 is 5.57. The molecule has 1 aromatic carbocycles. The molecule has 9 nitrogen and oxygen atoms in total. The zero-order valence-electron chi connectivity index (χ0n) is 21.3. The summed E-state index contributed by atoms with van der Waals surface area (Å²) in [4.78, 5) is 43.4. The second-order valence-electron chi connectivity index (χ2n) is 9.43. The number of benzene rings is 1. The molecule has 10 heteroatoms. The minimum absolute atomic E-state index is 0.0176. The van der Waals surface area contributed by atoms with Crippen molar-refractivity contribution in [3.63, 3.8) is 0 Å². The molecule has 1 fully saturated rings. The Kier molecular flexibility index (Phi) is 7.48. The van der Waals surface area contributed by atoms with Gasteiger partial charge >= 0.3 is 0 Å². The number of fused-ring (bicyclic) bond motifs is 1. The molecule has 5 rings (SSSR count). The van der Waals surface area contributed by atoms with E-state index < -0.39 is 6.29 Å². The fourth-order valence-corrected chi connectivity index (χ4v) is 5.52. The number of rotatable bonds is 8. The van der Waals surface area contributed by atoms with Crippen LogP contribution in [0.1, 0.15) is 42.7 Å². The molecule has 3 aliphatic rings. The van der Waals surface area contributed by atoms with Gasteiger partial charge in [-0.15, -0.1) is 11.3 Å². The highest BCUT2D eigenvalue weighted by atomic mass is 32.1. The minimum Gasteiger partial charge on any atom is -0.493 e. The van der Waals surface area contributed by atoms with E-state index in [0.717, 1.165) is 66.9 Å². The summed E-state index contributed by atoms with van der Waals surface area (Å²) in [6.07, 6.45) is 1.28. The number of nitrogens with zero attached hydrogens (tertiary/aromatic N) is 5. The number of amides is 2. The van der Waals surface area contributed by atoms with Crippen LogP contribution in [0.5, 0.6) is 5.75 Å². The Morgan fingerprint density at radius 2 is 2.03 bits per heavy atom. The van der Waals surface area contributed by atoms with Gasteiger partial charge in [0, 0.05) is 49.1 Å². The lowest BCUT2D eigenvalue weighted by molar-refractivity contribution is -0.128. The number of thiazole rings is 1. The number of piperazine rings is 1. The maximum atomic E-state index is 12.8. The average molecular weight is 521 g/mol. The van der Waals surface area contributed by atoms with Crippen LogP contribution in [0.2, 0.25) is 0 Å². The highest BCUT2D eigenvalue weighted by Crippen LogP contribution is 2.32. The number of nitrogens with one attached hydrogen (secondary N) is 1. The number of carbonyl (C=O) groups excluding carboxylic acids is 2. The molecule has 3 aliphatic heterocycles. The Balaban J connectivity index is 1.14. The maximum absolute atomic E-state index is 12.8. The molecule has 194 valence electrons. The molecule has 1 N–H and O–H groups in total. The number of carbonyl (C=O) groups is 2. The third kappa shape index (κ3) is 5.65. The number of aromatic nitrogens is 1. The number of ether oxygens (including phenoxy) is 1. The zero-order chi connectivity index (χ0) is 25.9. The molecule has 4 heterocycles. The Morgan fingerprint density at radius 1 is 1.22 bits per heavy atom. The van der Waals surface area contributed by atoms with E-state index in [1.54, 1.807) is 5.38 Å². The molecule has 0 radical (unpaired) electrons. The molecule has 0 bridgehead atoms. The lowest BCUT2D eigenvalue weighted by atomic mass is 10.1. The Hall–Kier alpha value is -3.37. The van der Waals surface area contributed by atoms with Gasteiger partial charge in [-0.25, -0.2) is 15.0 Å². The molecule has 2 amide bonds. The van der Waals surface area contributed by atoms with Gasteiger partial charge in [0.25, 0.3) is 5.91 Å². The summed E-state index contributed by atoms with van der Waals surface area (Å²) in [6.45, 7) is 13.0. The first-order valence-corrected chi connectivity index (χ1v) is 13.6. The third-order valence-corrected chi connectivity index (χ3v) is 7.91. The van der Waals surface area contributed by atoms with E-state index in [4.69, 9.17) is 4.74 Å². The van der Waals surface area contributed by atoms with Gasteiger partial charge < -0.3 is 19.9 Å². The standard InChI is InChI=1S/C27H32N6O3S/c1-4-32-10-12-33(13-11-32)26(35)17(2)5-7-21-18(3)28-27(30-21)31-24(34)22-16-37-25(29-22)20-6-8-23-19(15-20)9-14-36-23/h6,8,15-16,27H,2,4-5,7,9-14H2,1,3H3,(H,31,34). The summed E-state index contributed by atoms with van der Waals surface area (Å²) in [5, 5.41) is 5.38. The second kappa shape index (κ2) is 10.9. The van der Waals surface area contributed by atoms with Crippen LogP contribution in [0.3, 0.4) is 0 Å². The summed E-state index contributed by atoms with van der Waals surface area (Å²) in [6, 6.07) is 6.00. The molecular weight excluding hydrogens is 488 g/mol. The Labute approximate surface area is 221 Å². The van der Waals surface area contributed by atoms with E-state index in [0.29, 0.717) is 30.7 Å². The van der Waals surface area contributed by atoms with Crippen molar-refractivity contribution in [1.29, 1.82) is 0 Å². The minimum atomic E-state index is -0.684. The first-order valence-electron chi connectivity index (χ1n) is 12.7. The van der Waals surface area contributed by atoms with Gasteiger partial charge in [-0.05, 0) is 50.1 Å². The summed E-state index contributed by atoms with van der Waals surface area (Å²) in [5.74, 6) is 0.623. The first-order chi connectivity index (χ1) is 17.9. The molecule has 2 aromatic rings. The predicted molar refractivity (Wildman–Crippen MR) is 146 cm³/mol. The number of aliphatic imine (C=N–C) groups is 2. The monoisotopic (exact) mass is 520 g/mol. The van der Waals surface area contributed by atoms with Crippen molar-refractivity contribution < 1.29 is 14.3 Å². The van der Waals surface area contributed by atoms with Crippen LogP contribution in [0.25, 0.3) is 10.6 Å². The van der Waals surface area contributed by atoms with Crippen LogP contribution >= 0.6 is 11.3 Å². The molecule has 37 heavy (non-hydrogen) atoms. The first kappa shape index (κ1) is 25.3. The fourth-order valence-electron chi connectivity index (χ4n) is 4.73. The van der Waals surface area contributed by atoms with Crippen molar-refractivity contribution in [3.8, 4) is 16.3 Å². The van der Waals surface area contributed by atoms with Crippen LogP contribution in [-0.2, 0) is 11.2 Å². The molecule has 1 atom stereocenters. The summed E-state index contributed by atoms with van der Waals surface area (Å²) in [7, 11) is 0. The van der Waals surface area contributed by atoms with E-state index >= 15 is 0 Å². The lowest BCUT2D eigenvalue weighted by Crippen LogP contribution is -2.48. The van der Waals surface area contributed by atoms with Crippen molar-refractivity contribution in [2.24, 2.45) is 9.98 Å². The number of likely N-dealkylation sites (N-methyl/N-ethyl adjacent to an activating group) is 1. The summed E-state index contributed by atoms with van der Waals surface area (Å²) >= 11 is 1.43. The van der Waals surface area contributed by atoms with Gasteiger partial charge in [0.05, 0.1) is 18.0 Å². The van der Waals surface area contributed by atoms with Gasteiger partial charge in [0.15, 0.2) is 0 Å². The maximum Gasteiger partial charge on any atom is 0.273 e. The van der Waals surface area contributed by atoms with Crippen LogP contribution in [0.4, 0.5) is 0 Å². The van der Waals surface area contributed by atoms with Crippen LogP contribution in [-0.4, -0.2) is 83.6 Å². The highest BCUT2D eigenvalue weighted by molar-refractivity contribution is 7.13. The van der Waals surface area contributed by atoms with Crippen LogP contribution in [0, 0.1) is 0 Å². The van der Waals surface area contributed by atoms with Crippen molar-refractivity contribution >= 4 is 34.6 Å². The predicted octanol–water partition coefficient (Wildman–Crippen LogP) is 3.17. The van der Waals surface area contributed by atoms with Gasteiger partial charge in [0.2, 0.25) is 12.2 Å². The highest BCUT2D eigenvalue weighted by Gasteiger charge is 2.25. The van der Waals surface area contributed by atoms with Gasteiger partial charge in [0.1, 0.15) is 16.5 Å². The molecule has 0 saturated carbocycles. The topological polar surface area (TPSA) is 99.5 Å². The fraction of sp³-hybridized carbons (Fsp3) is 0.444. The molecule has 1 aromatic heterocycles. The van der Waals surface area contributed by atoms with Crippen molar-refractivity contribution in [2.45, 2.75) is 39.4 Å². The SMILES string of the molecule is C=C(CCC1=NC(NC(=O)c2csc(-c3ccc4c(c3)CCO4)n2)N=C1C)C(=O)N1CCN(CC)CC1. The lowest BCUT2D eigenvalue weighted by Gasteiger charge is -2.34. The normalized spacial score (nSPS) is 19.2. The zero-order valence-corrected chi connectivity index (χ0v) is 22.1. The van der Waals surface area contributed by atoms with E-state index in [2.05, 4.69) is 44.8 Å². The van der Waals surface area contributed by atoms with E-state index in [9.17, 15) is 9.59 Å². The largest absolute Gasteiger partial charge is 0.493 e. The van der Waals surface area contributed by atoms with E-state index in [1.807, 2.05) is 24.0 Å². The molecular formula is C27H32N6O3S. The van der Waals surface area contributed by atoms with Gasteiger partial charge in [-0.3, -0.25) is 9.59 Å². The third-order valence-electron chi connectivity index (χ3n) is 7.02. The molecule has 1 saturated heterocycles. The average Bonchev–Trinajstić information content (AvgIpc) is 3.66. The van der Waals surface area contributed by atoms with Gasteiger partial charge in [-0.2, -0.15) is 0 Å².